The predicted molar refractivity (Wildman–Crippen MR) is 587 cm³/mol. The zero-order valence-electron chi connectivity index (χ0n) is 55.1. The van der Waals surface area contributed by atoms with E-state index in [4.69, 9.17) is 29.0 Å². The Kier molecular flexibility index (Phi) is 112. The van der Waals surface area contributed by atoms with Crippen molar-refractivity contribution < 1.29 is 88.0 Å². The molecule has 0 heterocycles. The molecule has 0 aromatic heterocycles. The van der Waals surface area contributed by atoms with Crippen molar-refractivity contribution in [3.63, 3.8) is 0 Å². The second kappa shape index (κ2) is 86.3. The summed E-state index contributed by atoms with van der Waals surface area (Å²) in [5, 5.41) is 24.9. The average molecular weight is 3820 g/mol. The van der Waals surface area contributed by atoms with Crippen molar-refractivity contribution in [1.29, 1.82) is 0 Å². The summed E-state index contributed by atoms with van der Waals surface area (Å²) in [4.78, 5) is 32.6. The fraction of sp³-hybridized carbons (Fsp3) is 0.797. The molecule has 20 atom stereocenters. The molecule has 0 spiro atoms. The molecule has 0 aliphatic heterocycles. The molecule has 0 saturated heterocycles. The normalized spacial score (nSPS) is 18.0. The van der Waals surface area contributed by atoms with Crippen LogP contribution >= 0.6 is 461 Å². The largest absolute Gasteiger partial charge is 1.00 e. The summed E-state index contributed by atoms with van der Waals surface area (Å²) in [6, 6.07) is 0. The Morgan fingerprint density at radius 1 is 0.358 bits per heavy atom. The van der Waals surface area contributed by atoms with E-state index in [1.54, 1.807) is 6.92 Å². The number of unbranched alkanes of at least 4 members (excludes halogenated alkanes) is 1. The minimum absolute atomic E-state index is 0. The van der Waals surface area contributed by atoms with Crippen LogP contribution in [0.15, 0.2) is 60.8 Å². The fourth-order valence-corrected chi connectivity index (χ4v) is 31.7. The molecule has 0 fully saturated rings. The standard InChI is InChI=1S/C22H34I10O2.C20H30I10O2.C20H30O2.C2H6O.ClH.HI.Na.Sn.H/c1-3-12(23)14(25)8-16(27)18(29)10-20(31)21(32)11-19(30)17(28)9-15(26)13(24)6-5-7-22(33)34-4-2;1-2-10(21)12(23)6-14(25)16(27)8-18(29)19(30)9-17(28)15(26)7-13(24)11(22)4-3-5-20(31)32;1-2-3-4-5-6-7-8-9-10-11-12-13-14-15-16-17-18-19-20(21)22;1-2-3;;;;;/h12-21H,3-11H2,1-2H3;10-19H,2-9H2,1H3,(H,31,32);3-4,6-7,9-10,12-13,15-16H,2,5,8,11,14,17-19H2,1H3,(H,21,22);3H,2H2,1H3;2*1H;;;/q;;;;;;2*+1;/p-2/b;;4-3-,7-6-,10-9-,13-12-,16-15-;;;;;;. The van der Waals surface area contributed by atoms with Gasteiger partial charge in [-0.05, 0) is 149 Å². The van der Waals surface area contributed by atoms with E-state index in [0.29, 0.717) is 62.6 Å². The Hall–Kier alpha value is 14.5. The molecule has 0 bridgehead atoms. The number of carbonyl (C=O) groups is 3. The van der Waals surface area contributed by atoms with Gasteiger partial charge in [0.15, 0.2) is 0 Å². The zero-order chi connectivity index (χ0) is 72.4. The van der Waals surface area contributed by atoms with Crippen LogP contribution in [-0.2, 0) is 19.1 Å². The van der Waals surface area contributed by atoms with Crippen LogP contribution in [0.2, 0.25) is 0 Å². The fourth-order valence-electron chi connectivity index (χ4n) is 7.82. The van der Waals surface area contributed by atoms with Gasteiger partial charge in [-0.15, -0.1) is 0 Å². The van der Waals surface area contributed by atoms with Crippen molar-refractivity contribution in [3.8, 4) is 0 Å². The molecule has 95 heavy (non-hydrogen) atoms. The van der Waals surface area contributed by atoms with Crippen LogP contribution in [0.1, 0.15) is 189 Å². The summed E-state index contributed by atoms with van der Waals surface area (Å²) in [6.07, 6.45) is 45.9. The summed E-state index contributed by atoms with van der Waals surface area (Å²) < 4.78 is 19.1. The van der Waals surface area contributed by atoms with E-state index in [1.807, 2.05) is 6.92 Å². The van der Waals surface area contributed by atoms with Crippen LogP contribution in [0, 0.1) is 0 Å². The third-order valence-electron chi connectivity index (χ3n) is 13.3. The number of allylic oxidation sites excluding steroid dienone is 10. The first kappa shape index (κ1) is 123. The van der Waals surface area contributed by atoms with Crippen molar-refractivity contribution in [2.45, 2.75) is 267 Å². The van der Waals surface area contributed by atoms with Crippen molar-refractivity contribution in [1.82, 2.24) is 0 Å². The Morgan fingerprint density at radius 2 is 0.568 bits per heavy atom. The van der Waals surface area contributed by atoms with E-state index >= 15 is 0 Å². The van der Waals surface area contributed by atoms with Gasteiger partial charge >= 0.3 is 77.8 Å². The van der Waals surface area contributed by atoms with Crippen molar-refractivity contribution in [2.75, 3.05) is 13.2 Å². The SMILES string of the molecule is CC/C=C\C/C=C\C/C=C\C/C=C\C/C=C\CCCC(=O)O.CCC(I)C(I)CC(I)C(I)CC(I)C(I)CC(I)C(I)CC(I)C(I)CCCC(=O)O.CCO.CCOC(=O)CCCC(I)C(I)CC(I)C(I)CC(I)C(I)CC(I)C(I)CC(I)C(I)CC.[Cl][SnH].[I-].[Na+]. The molecule has 0 aromatic carbocycles. The van der Waals surface area contributed by atoms with Crippen molar-refractivity contribution >= 4 is 500 Å². The number of carboxylic acids is 2. The molecule has 0 amide bonds. The number of alkyl halides is 20. The first-order valence-corrected chi connectivity index (χ1v) is 60.4. The molecule has 7 nitrogen and oxygen atoms in total. The van der Waals surface area contributed by atoms with Gasteiger partial charge in [0.25, 0.3) is 0 Å². The number of esters is 1. The maximum absolute atomic E-state index is 11.6. The molecule has 3 N–H and O–H groups in total. The van der Waals surface area contributed by atoms with E-state index < -0.39 is 11.9 Å². The van der Waals surface area contributed by atoms with Crippen LogP contribution in [0.5, 0.6) is 0 Å². The summed E-state index contributed by atoms with van der Waals surface area (Å²) in [6.45, 7) is 11.0. The summed E-state index contributed by atoms with van der Waals surface area (Å²) >= 11 is 54.2. The number of carbonyl (C=O) groups excluding carboxylic acids is 1. The quantitative estimate of drug-likeness (QED) is 0.0139. The smallest absolute Gasteiger partial charge is 1.00 e. The predicted octanol–water partition coefficient (Wildman–Crippen LogP) is 23.0. The van der Waals surface area contributed by atoms with E-state index in [1.165, 1.54) is 64.2 Å². The molecular weight excluding hydrogens is 3720 g/mol. The summed E-state index contributed by atoms with van der Waals surface area (Å²) in [5.41, 5.74) is 0. The topological polar surface area (TPSA) is 121 Å². The van der Waals surface area contributed by atoms with Crippen LogP contribution < -0.4 is 53.5 Å². The Morgan fingerprint density at radius 3 is 0.800 bits per heavy atom. The van der Waals surface area contributed by atoms with E-state index in [2.05, 4.69) is 533 Å². The first-order chi connectivity index (χ1) is 43.8. The maximum atomic E-state index is 11.6. The maximum Gasteiger partial charge on any atom is 1.00 e. The van der Waals surface area contributed by atoms with Crippen LogP contribution in [0.4, 0.5) is 0 Å². The van der Waals surface area contributed by atoms with Gasteiger partial charge in [-0.3, -0.25) is 14.4 Å². The first-order valence-electron chi connectivity index (χ1n) is 31.3. The number of halogens is 22. The molecular formula is C64H101ClI21NaO7Sn. The van der Waals surface area contributed by atoms with Crippen molar-refractivity contribution in [2.24, 2.45) is 0 Å². The minimum Gasteiger partial charge on any atom is -1.00 e. The van der Waals surface area contributed by atoms with Gasteiger partial charge in [0, 0.05) is 104 Å². The van der Waals surface area contributed by atoms with Gasteiger partial charge in [-0.25, -0.2) is 0 Å². The van der Waals surface area contributed by atoms with Crippen molar-refractivity contribution in [3.05, 3.63) is 60.8 Å². The Bertz CT molecular complexity index is 1920. The van der Waals surface area contributed by atoms with Crippen LogP contribution in [0.3, 0.4) is 0 Å². The molecule has 0 aliphatic rings. The number of hydrogen-bond donors (Lipinski definition) is 3. The Balaban J connectivity index is -0.000000238. The second-order valence-electron chi connectivity index (χ2n) is 21.3. The van der Waals surface area contributed by atoms with E-state index in [9.17, 15) is 14.4 Å². The number of aliphatic carboxylic acids is 2. The molecule has 558 valence electrons. The molecule has 2 radical (unpaired) electrons. The average Bonchev–Trinajstić information content (AvgIpc) is 1.49. The Labute approximate surface area is 907 Å². The van der Waals surface area contributed by atoms with Crippen LogP contribution in [-0.4, -0.2) is 146 Å². The minimum atomic E-state index is -0.715. The molecule has 0 aliphatic carbocycles. The summed E-state index contributed by atoms with van der Waals surface area (Å²) in [5.74, 6) is -1.44. The van der Waals surface area contributed by atoms with Gasteiger partial charge in [0.05, 0.1) is 6.61 Å². The zero-order valence-corrected chi connectivity index (χ0v) is 106. The van der Waals surface area contributed by atoms with E-state index in [0.717, 1.165) is 127 Å². The number of ether oxygens (including phenoxy) is 1. The monoisotopic (exact) mass is 3820 g/mol. The van der Waals surface area contributed by atoms with Gasteiger partial charge < -0.3 is 44.0 Å². The molecule has 20 unspecified atom stereocenters. The van der Waals surface area contributed by atoms with Crippen LogP contribution in [0.25, 0.3) is 0 Å². The molecule has 0 rings (SSSR count). The van der Waals surface area contributed by atoms with Gasteiger partial charge in [0.2, 0.25) is 0 Å². The number of aliphatic hydroxyl groups is 1. The third-order valence-corrected chi connectivity index (χ3v) is 55.5. The molecule has 31 heteroatoms. The summed E-state index contributed by atoms with van der Waals surface area (Å²) in [7, 11) is 4.77. The molecule has 0 aromatic rings. The number of hydrogen-bond acceptors (Lipinski definition) is 5. The number of aliphatic hydroxyl groups excluding tert-OH is 1. The number of carboxylic acid groups (broad SMARTS) is 2. The van der Waals surface area contributed by atoms with Gasteiger partial charge in [-0.1, -0.05) is 533 Å². The molecule has 0 saturated carbocycles. The number of rotatable bonds is 50. The van der Waals surface area contributed by atoms with E-state index in [-0.39, 0.29) is 72.5 Å². The third kappa shape index (κ3) is 79.4. The van der Waals surface area contributed by atoms with Gasteiger partial charge in [-0.2, -0.15) is 0 Å². The second-order valence-corrected chi connectivity index (χ2v) is 53.3. The van der Waals surface area contributed by atoms with Gasteiger partial charge in [0.1, 0.15) is 0 Å².